The fraction of sp³-hybridized carbons (Fsp3) is 0.400. The van der Waals surface area contributed by atoms with Crippen LogP contribution in [0.5, 0.6) is 0 Å². The Hall–Kier alpha value is -1.82. The van der Waals surface area contributed by atoms with Gasteiger partial charge >= 0.3 is 5.97 Å². The number of fused-ring (bicyclic) bond motifs is 1. The lowest BCUT2D eigenvalue weighted by atomic mass is 10.3. The summed E-state index contributed by atoms with van der Waals surface area (Å²) in [7, 11) is 0. The summed E-state index contributed by atoms with van der Waals surface area (Å²) in [6.45, 7) is 2.00. The first kappa shape index (κ1) is 14.1. The molecule has 110 valence electrons. The van der Waals surface area contributed by atoms with E-state index in [2.05, 4.69) is 9.88 Å². The number of hydrogen-bond donors (Lipinski definition) is 1. The van der Waals surface area contributed by atoms with E-state index in [9.17, 15) is 4.79 Å². The van der Waals surface area contributed by atoms with Crippen LogP contribution in [0.15, 0.2) is 29.3 Å². The fourth-order valence-corrected chi connectivity index (χ4v) is 3.38. The molecule has 1 aromatic carbocycles. The van der Waals surface area contributed by atoms with Crippen molar-refractivity contribution in [3.05, 3.63) is 24.3 Å². The van der Waals surface area contributed by atoms with Gasteiger partial charge in [0, 0.05) is 18.8 Å². The molecule has 0 amide bonds. The molecule has 1 aromatic heterocycles. The van der Waals surface area contributed by atoms with Gasteiger partial charge in [0.15, 0.2) is 5.82 Å². The second kappa shape index (κ2) is 6.30. The van der Waals surface area contributed by atoms with Crippen LogP contribution in [0.3, 0.4) is 0 Å². The van der Waals surface area contributed by atoms with Crippen molar-refractivity contribution in [1.29, 1.82) is 0 Å². The Balaban J connectivity index is 1.93. The molecule has 3 rings (SSSR count). The van der Waals surface area contributed by atoms with Crippen LogP contribution in [0.2, 0.25) is 0 Å². The first-order chi connectivity index (χ1) is 10.2. The van der Waals surface area contributed by atoms with Crippen LogP contribution in [0.25, 0.3) is 11.0 Å². The lowest BCUT2D eigenvalue weighted by molar-refractivity contribution is -0.136. The molecular formula is C15H17N3O2S. The van der Waals surface area contributed by atoms with Gasteiger partial charge in [0.25, 0.3) is 0 Å². The Morgan fingerprint density at radius 2 is 1.86 bits per heavy atom. The Labute approximate surface area is 127 Å². The summed E-state index contributed by atoms with van der Waals surface area (Å²) in [5, 5.41) is 9.63. The van der Waals surface area contributed by atoms with E-state index in [1.807, 2.05) is 24.3 Å². The van der Waals surface area contributed by atoms with Crippen LogP contribution in [0.1, 0.15) is 19.3 Å². The van der Waals surface area contributed by atoms with E-state index in [1.54, 1.807) is 0 Å². The summed E-state index contributed by atoms with van der Waals surface area (Å²) < 4.78 is 0. The largest absolute Gasteiger partial charge is 0.481 e. The zero-order chi connectivity index (χ0) is 14.7. The van der Waals surface area contributed by atoms with Crippen LogP contribution in [-0.2, 0) is 4.79 Å². The zero-order valence-electron chi connectivity index (χ0n) is 11.7. The Bertz CT molecular complexity index is 656. The predicted molar refractivity (Wildman–Crippen MR) is 84.0 cm³/mol. The summed E-state index contributed by atoms with van der Waals surface area (Å²) in [6.07, 6.45) is 2.49. The van der Waals surface area contributed by atoms with Crippen molar-refractivity contribution in [1.82, 2.24) is 9.97 Å². The van der Waals surface area contributed by atoms with Crippen molar-refractivity contribution >= 4 is 34.6 Å². The average Bonchev–Trinajstić information content (AvgIpc) is 3.00. The lowest BCUT2D eigenvalue weighted by Gasteiger charge is -2.19. The molecule has 1 aliphatic heterocycles. The third-order valence-electron chi connectivity index (χ3n) is 3.48. The minimum Gasteiger partial charge on any atom is -0.481 e. The maximum absolute atomic E-state index is 10.7. The van der Waals surface area contributed by atoms with E-state index < -0.39 is 5.97 Å². The molecule has 1 aliphatic rings. The number of para-hydroxylation sites is 2. The Morgan fingerprint density at radius 3 is 2.52 bits per heavy atom. The molecule has 5 nitrogen and oxygen atoms in total. The summed E-state index contributed by atoms with van der Waals surface area (Å²) >= 11 is 1.48. The van der Waals surface area contributed by atoms with Crippen molar-refractivity contribution in [3.63, 3.8) is 0 Å². The molecule has 6 heteroatoms. The molecule has 1 saturated heterocycles. The minimum absolute atomic E-state index is 0.138. The molecule has 1 N–H and O–H groups in total. The number of carboxylic acid groups (broad SMARTS) is 1. The van der Waals surface area contributed by atoms with E-state index in [4.69, 9.17) is 10.1 Å². The maximum Gasteiger partial charge on any atom is 0.304 e. The van der Waals surface area contributed by atoms with E-state index in [0.717, 1.165) is 35.0 Å². The maximum atomic E-state index is 10.7. The number of aliphatic carboxylic acids is 1. The molecule has 2 aromatic rings. The molecule has 0 bridgehead atoms. The molecule has 0 radical (unpaired) electrons. The van der Waals surface area contributed by atoms with Crippen molar-refractivity contribution in [2.24, 2.45) is 0 Å². The summed E-state index contributed by atoms with van der Waals surface area (Å²) in [5.41, 5.74) is 1.75. The molecule has 0 atom stereocenters. The summed E-state index contributed by atoms with van der Waals surface area (Å²) in [5.74, 6) is 0.643. The van der Waals surface area contributed by atoms with Crippen LogP contribution >= 0.6 is 11.8 Å². The highest BCUT2D eigenvalue weighted by Crippen LogP contribution is 2.31. The number of aromatic nitrogens is 2. The summed E-state index contributed by atoms with van der Waals surface area (Å²) in [4.78, 5) is 22.4. The van der Waals surface area contributed by atoms with Crippen molar-refractivity contribution in [2.75, 3.05) is 23.7 Å². The fourth-order valence-electron chi connectivity index (χ4n) is 2.44. The number of nitrogens with zero attached hydrogens (tertiary/aromatic N) is 3. The molecule has 21 heavy (non-hydrogen) atoms. The first-order valence-electron chi connectivity index (χ1n) is 7.10. The second-order valence-corrected chi connectivity index (χ2v) is 6.11. The smallest absolute Gasteiger partial charge is 0.304 e. The molecule has 0 unspecified atom stereocenters. The highest BCUT2D eigenvalue weighted by molar-refractivity contribution is 7.99. The van der Waals surface area contributed by atoms with E-state index >= 15 is 0 Å². The van der Waals surface area contributed by atoms with Crippen LogP contribution in [0.4, 0.5) is 5.82 Å². The van der Waals surface area contributed by atoms with Gasteiger partial charge in [-0.05, 0) is 25.0 Å². The van der Waals surface area contributed by atoms with E-state index in [0.29, 0.717) is 5.75 Å². The number of hydrogen-bond acceptors (Lipinski definition) is 5. The van der Waals surface area contributed by atoms with Gasteiger partial charge in [-0.1, -0.05) is 12.1 Å². The molecule has 1 fully saturated rings. The van der Waals surface area contributed by atoms with Gasteiger partial charge in [0.2, 0.25) is 0 Å². The molecule has 2 heterocycles. The van der Waals surface area contributed by atoms with Crippen LogP contribution in [-0.4, -0.2) is 39.9 Å². The highest BCUT2D eigenvalue weighted by atomic mass is 32.2. The number of anilines is 1. The number of carbonyl (C=O) groups is 1. The third-order valence-corrected chi connectivity index (χ3v) is 4.44. The standard InChI is InChI=1S/C15H17N3O2S/c19-13(20)7-10-21-15-14(18-8-3-4-9-18)16-11-5-1-2-6-12(11)17-15/h1-2,5-6H,3-4,7-10H2,(H,19,20). The van der Waals surface area contributed by atoms with E-state index in [1.165, 1.54) is 24.6 Å². The van der Waals surface area contributed by atoms with Crippen molar-refractivity contribution in [3.8, 4) is 0 Å². The molecular weight excluding hydrogens is 286 g/mol. The second-order valence-electron chi connectivity index (χ2n) is 5.03. The SMILES string of the molecule is O=C(O)CCSc1nc2ccccc2nc1N1CCCC1. The number of thioether (sulfide) groups is 1. The van der Waals surface area contributed by atoms with Crippen LogP contribution in [0, 0.1) is 0 Å². The summed E-state index contributed by atoms with van der Waals surface area (Å²) in [6, 6.07) is 7.81. The van der Waals surface area contributed by atoms with Gasteiger partial charge in [-0.25, -0.2) is 9.97 Å². The normalized spacial score (nSPS) is 14.8. The Kier molecular flexibility index (Phi) is 4.24. The predicted octanol–water partition coefficient (Wildman–Crippen LogP) is 2.80. The Morgan fingerprint density at radius 1 is 1.19 bits per heavy atom. The zero-order valence-corrected chi connectivity index (χ0v) is 12.5. The monoisotopic (exact) mass is 303 g/mol. The quantitative estimate of drug-likeness (QED) is 0.857. The highest BCUT2D eigenvalue weighted by Gasteiger charge is 2.19. The average molecular weight is 303 g/mol. The number of benzene rings is 1. The van der Waals surface area contributed by atoms with Gasteiger partial charge < -0.3 is 10.0 Å². The van der Waals surface area contributed by atoms with Gasteiger partial charge in [0.05, 0.1) is 17.5 Å². The van der Waals surface area contributed by atoms with Gasteiger partial charge in [0.1, 0.15) is 5.03 Å². The van der Waals surface area contributed by atoms with Gasteiger partial charge in [-0.2, -0.15) is 0 Å². The van der Waals surface area contributed by atoms with Crippen molar-refractivity contribution < 1.29 is 9.90 Å². The van der Waals surface area contributed by atoms with Crippen molar-refractivity contribution in [2.45, 2.75) is 24.3 Å². The molecule has 0 spiro atoms. The lowest BCUT2D eigenvalue weighted by Crippen LogP contribution is -2.20. The van der Waals surface area contributed by atoms with Gasteiger partial charge in [-0.3, -0.25) is 4.79 Å². The minimum atomic E-state index is -0.779. The molecule has 0 saturated carbocycles. The molecule has 0 aliphatic carbocycles. The van der Waals surface area contributed by atoms with E-state index in [-0.39, 0.29) is 6.42 Å². The third kappa shape index (κ3) is 3.26. The topological polar surface area (TPSA) is 66.3 Å². The van der Waals surface area contributed by atoms with Crippen LogP contribution < -0.4 is 4.90 Å². The van der Waals surface area contributed by atoms with Gasteiger partial charge in [-0.15, -0.1) is 11.8 Å². The number of carboxylic acids is 1. The number of rotatable bonds is 5. The first-order valence-corrected chi connectivity index (χ1v) is 8.09.